The Hall–Kier alpha value is -0.380. The highest BCUT2D eigenvalue weighted by molar-refractivity contribution is 9.10. The minimum Gasteiger partial charge on any atom is -0.392 e. The smallest absolute Gasteiger partial charge is 0.0682 e. The molecule has 1 aromatic heterocycles. The van der Waals surface area contributed by atoms with Crippen LogP contribution in [0.25, 0.3) is 10.1 Å². The average Bonchev–Trinajstić information content (AvgIpc) is 2.43. The van der Waals surface area contributed by atoms with E-state index in [2.05, 4.69) is 28.9 Å². The van der Waals surface area contributed by atoms with Crippen molar-refractivity contribution in [1.82, 2.24) is 0 Å². The molecule has 0 unspecified atom stereocenters. The fraction of sp³-hybridized carbons (Fsp3) is 0.200. The Kier molecular flexibility index (Phi) is 2.41. The van der Waals surface area contributed by atoms with Crippen LogP contribution < -0.4 is 0 Å². The van der Waals surface area contributed by atoms with Crippen LogP contribution in [0, 0.1) is 6.92 Å². The highest BCUT2D eigenvalue weighted by atomic mass is 79.9. The summed E-state index contributed by atoms with van der Waals surface area (Å²) in [6, 6.07) is 6.05. The Labute approximate surface area is 89.1 Å². The summed E-state index contributed by atoms with van der Waals surface area (Å²) in [5, 5.41) is 10.2. The Morgan fingerprint density at radius 2 is 2.23 bits per heavy atom. The molecule has 0 radical (unpaired) electrons. The second kappa shape index (κ2) is 3.40. The van der Waals surface area contributed by atoms with Crippen LogP contribution in [-0.4, -0.2) is 5.11 Å². The number of fused-ring (bicyclic) bond motifs is 1. The van der Waals surface area contributed by atoms with Crippen molar-refractivity contribution in [1.29, 1.82) is 0 Å². The van der Waals surface area contributed by atoms with Gasteiger partial charge in [0.15, 0.2) is 0 Å². The van der Waals surface area contributed by atoms with E-state index in [-0.39, 0.29) is 6.61 Å². The maximum atomic E-state index is 8.98. The van der Waals surface area contributed by atoms with Crippen molar-refractivity contribution in [2.75, 3.05) is 0 Å². The van der Waals surface area contributed by atoms with Gasteiger partial charge in [-0.3, -0.25) is 0 Å². The summed E-state index contributed by atoms with van der Waals surface area (Å²) < 4.78 is 2.42. The molecule has 0 spiro atoms. The molecule has 0 atom stereocenters. The van der Waals surface area contributed by atoms with Crippen molar-refractivity contribution < 1.29 is 5.11 Å². The maximum absolute atomic E-state index is 8.98. The molecular formula is C10H9BrOS. The van der Waals surface area contributed by atoms with Crippen LogP contribution >= 0.6 is 27.3 Å². The first-order chi connectivity index (χ1) is 6.22. The highest BCUT2D eigenvalue weighted by Gasteiger charge is 2.06. The second-order valence-electron chi connectivity index (χ2n) is 2.96. The number of aryl methyl sites for hydroxylation is 1. The molecular weight excluding hydrogens is 248 g/mol. The van der Waals surface area contributed by atoms with Crippen LogP contribution in [0.4, 0.5) is 0 Å². The molecule has 13 heavy (non-hydrogen) atoms. The number of halogens is 1. The van der Waals surface area contributed by atoms with Crippen molar-refractivity contribution >= 4 is 37.4 Å². The van der Waals surface area contributed by atoms with E-state index in [1.807, 2.05) is 12.1 Å². The van der Waals surface area contributed by atoms with Crippen molar-refractivity contribution in [3.8, 4) is 0 Å². The summed E-state index contributed by atoms with van der Waals surface area (Å²) in [6.45, 7) is 2.20. The number of rotatable bonds is 1. The van der Waals surface area contributed by atoms with Crippen molar-refractivity contribution in [2.24, 2.45) is 0 Å². The van der Waals surface area contributed by atoms with Crippen LogP contribution in [0.2, 0.25) is 0 Å². The molecule has 0 aliphatic carbocycles. The largest absolute Gasteiger partial charge is 0.392 e. The first-order valence-corrected chi connectivity index (χ1v) is 5.61. The number of benzene rings is 1. The molecule has 2 aromatic rings. The van der Waals surface area contributed by atoms with E-state index >= 15 is 0 Å². The molecule has 68 valence electrons. The lowest BCUT2D eigenvalue weighted by Gasteiger charge is -1.95. The van der Waals surface area contributed by atoms with Gasteiger partial charge in [-0.15, -0.1) is 11.3 Å². The molecule has 1 aromatic carbocycles. The lowest BCUT2D eigenvalue weighted by Crippen LogP contribution is -1.80. The minimum absolute atomic E-state index is 0.108. The Morgan fingerprint density at radius 1 is 1.46 bits per heavy atom. The zero-order valence-electron chi connectivity index (χ0n) is 7.17. The first kappa shape index (κ1) is 9.19. The molecule has 0 amide bonds. The number of hydrogen-bond acceptors (Lipinski definition) is 2. The quantitative estimate of drug-likeness (QED) is 0.829. The lowest BCUT2D eigenvalue weighted by atomic mass is 10.2. The predicted molar refractivity (Wildman–Crippen MR) is 60.2 cm³/mol. The fourth-order valence-electron chi connectivity index (χ4n) is 1.34. The topological polar surface area (TPSA) is 20.2 Å². The first-order valence-electron chi connectivity index (χ1n) is 4.01. The Bertz CT molecular complexity index is 447. The van der Waals surface area contributed by atoms with Crippen molar-refractivity contribution in [2.45, 2.75) is 13.5 Å². The van der Waals surface area contributed by atoms with Gasteiger partial charge in [0, 0.05) is 19.4 Å². The third-order valence-electron chi connectivity index (χ3n) is 2.04. The summed E-state index contributed by atoms with van der Waals surface area (Å²) in [5.74, 6) is 0. The van der Waals surface area contributed by atoms with E-state index in [9.17, 15) is 0 Å². The summed E-state index contributed by atoms with van der Waals surface area (Å²) in [6.07, 6.45) is 0. The zero-order chi connectivity index (χ0) is 9.42. The van der Waals surface area contributed by atoms with Gasteiger partial charge >= 0.3 is 0 Å². The minimum atomic E-state index is 0.108. The van der Waals surface area contributed by atoms with Crippen LogP contribution in [0.3, 0.4) is 0 Å². The third-order valence-corrected chi connectivity index (χ3v) is 4.41. The van der Waals surface area contributed by atoms with E-state index in [1.165, 1.54) is 15.0 Å². The molecule has 0 saturated carbocycles. The van der Waals surface area contributed by atoms with Gasteiger partial charge in [0.25, 0.3) is 0 Å². The fourth-order valence-corrected chi connectivity index (χ4v) is 2.97. The summed E-state index contributed by atoms with van der Waals surface area (Å²) in [4.78, 5) is 1.28. The van der Waals surface area contributed by atoms with Crippen LogP contribution in [0.5, 0.6) is 0 Å². The van der Waals surface area contributed by atoms with Crippen molar-refractivity contribution in [3.63, 3.8) is 0 Å². The van der Waals surface area contributed by atoms with Gasteiger partial charge in [-0.2, -0.15) is 0 Å². The van der Waals surface area contributed by atoms with Gasteiger partial charge in [0.1, 0.15) is 0 Å². The molecule has 0 fully saturated rings. The van der Waals surface area contributed by atoms with Gasteiger partial charge in [-0.1, -0.05) is 6.07 Å². The van der Waals surface area contributed by atoms with Gasteiger partial charge in [0.2, 0.25) is 0 Å². The van der Waals surface area contributed by atoms with E-state index in [1.54, 1.807) is 11.3 Å². The molecule has 0 bridgehead atoms. The van der Waals surface area contributed by atoms with Gasteiger partial charge < -0.3 is 5.11 Å². The summed E-state index contributed by atoms with van der Waals surface area (Å²) in [5.41, 5.74) is 0.964. The number of hydrogen-bond donors (Lipinski definition) is 1. The highest BCUT2D eigenvalue weighted by Crippen LogP contribution is 2.35. The maximum Gasteiger partial charge on any atom is 0.0682 e. The summed E-state index contributed by atoms with van der Waals surface area (Å²) >= 11 is 5.31. The molecule has 1 heterocycles. The molecule has 3 heteroatoms. The van der Waals surface area contributed by atoms with E-state index in [4.69, 9.17) is 5.11 Å². The Morgan fingerprint density at radius 3 is 2.92 bits per heavy atom. The van der Waals surface area contributed by atoms with E-state index in [0.29, 0.717) is 0 Å². The van der Waals surface area contributed by atoms with Crippen LogP contribution in [0.15, 0.2) is 22.7 Å². The number of aliphatic hydroxyl groups is 1. The number of aliphatic hydroxyl groups excluding tert-OH is 1. The van der Waals surface area contributed by atoms with Gasteiger partial charge in [-0.05, 0) is 40.5 Å². The van der Waals surface area contributed by atoms with Gasteiger partial charge in [0.05, 0.1) is 6.61 Å². The Balaban J connectivity index is 2.75. The average molecular weight is 257 g/mol. The SMILES string of the molecule is Cc1sc2ccc(CO)cc2c1Br. The lowest BCUT2D eigenvalue weighted by molar-refractivity contribution is 0.282. The zero-order valence-corrected chi connectivity index (χ0v) is 9.58. The second-order valence-corrected chi connectivity index (χ2v) is 5.01. The predicted octanol–water partition coefficient (Wildman–Crippen LogP) is 3.46. The molecule has 0 aliphatic rings. The van der Waals surface area contributed by atoms with E-state index in [0.717, 1.165) is 10.0 Å². The summed E-state index contributed by atoms with van der Waals surface area (Å²) in [7, 11) is 0. The molecule has 0 saturated heterocycles. The molecule has 1 N–H and O–H groups in total. The monoisotopic (exact) mass is 256 g/mol. The van der Waals surface area contributed by atoms with Crippen LogP contribution in [-0.2, 0) is 6.61 Å². The van der Waals surface area contributed by atoms with Crippen molar-refractivity contribution in [3.05, 3.63) is 33.1 Å². The van der Waals surface area contributed by atoms with Gasteiger partial charge in [-0.25, -0.2) is 0 Å². The molecule has 0 aliphatic heterocycles. The third kappa shape index (κ3) is 1.52. The molecule has 2 rings (SSSR count). The molecule has 1 nitrogen and oxygen atoms in total. The number of thiophene rings is 1. The standard InChI is InChI=1S/C10H9BrOS/c1-6-10(11)8-4-7(5-12)2-3-9(8)13-6/h2-4,12H,5H2,1H3. The van der Waals surface area contributed by atoms with Crippen LogP contribution in [0.1, 0.15) is 10.4 Å². The normalized spacial score (nSPS) is 11.0. The van der Waals surface area contributed by atoms with E-state index < -0.39 is 0 Å².